The third-order valence-corrected chi connectivity index (χ3v) is 5.42. The van der Waals surface area contributed by atoms with E-state index in [0.717, 1.165) is 6.42 Å². The monoisotopic (exact) mass is 480 g/mol. The number of anilines is 2. The van der Waals surface area contributed by atoms with Crippen LogP contribution in [0.25, 0.3) is 0 Å². The predicted molar refractivity (Wildman–Crippen MR) is 128 cm³/mol. The van der Waals surface area contributed by atoms with Gasteiger partial charge in [-0.3, -0.25) is 34.2 Å². The van der Waals surface area contributed by atoms with Gasteiger partial charge in [0.05, 0.1) is 11.5 Å². The highest BCUT2D eigenvalue weighted by Crippen LogP contribution is 2.23. The fourth-order valence-corrected chi connectivity index (χ4v) is 3.60. The van der Waals surface area contributed by atoms with Crippen molar-refractivity contribution in [3.05, 3.63) is 59.7 Å². The number of non-ortho nitro benzene ring substituents is 1. The number of unbranched alkanes of at least 4 members (excludes halogenated alkanes) is 1. The topological polar surface area (TPSA) is 148 Å². The number of benzene rings is 1. The molecule has 0 saturated heterocycles. The number of nitrogens with zero attached hydrogens (tertiary/aromatic N) is 4. The SMILES string of the molecule is CCCCN(C(=O)CN(C)Cc1cc([N+](=O)[O-])ccc1Cl)c1c(N)n(CCC)c(=O)[nH]c1=O. The Balaban J connectivity index is 2.33. The number of halogens is 1. The Kier molecular flexibility index (Phi) is 9.18. The summed E-state index contributed by atoms with van der Waals surface area (Å²) in [6, 6.07) is 4.11. The number of nitrogens with one attached hydrogen (secondary N) is 1. The van der Waals surface area contributed by atoms with Crippen molar-refractivity contribution in [3.63, 3.8) is 0 Å². The molecule has 0 fully saturated rings. The van der Waals surface area contributed by atoms with Gasteiger partial charge in [0.15, 0.2) is 5.69 Å². The van der Waals surface area contributed by atoms with E-state index in [2.05, 4.69) is 4.98 Å². The highest BCUT2D eigenvalue weighted by atomic mass is 35.5. The molecule has 0 aliphatic rings. The quantitative estimate of drug-likeness (QED) is 0.370. The summed E-state index contributed by atoms with van der Waals surface area (Å²) in [4.78, 5) is 53.7. The van der Waals surface area contributed by atoms with Crippen molar-refractivity contribution in [2.45, 2.75) is 46.2 Å². The predicted octanol–water partition coefficient (Wildman–Crippen LogP) is 2.36. The average molecular weight is 481 g/mol. The van der Waals surface area contributed by atoms with Gasteiger partial charge in [0.2, 0.25) is 5.91 Å². The fraction of sp³-hybridized carbons (Fsp3) is 0.476. The summed E-state index contributed by atoms with van der Waals surface area (Å²) < 4.78 is 1.25. The lowest BCUT2D eigenvalue weighted by Gasteiger charge is -2.26. The first-order chi connectivity index (χ1) is 15.6. The third-order valence-electron chi connectivity index (χ3n) is 5.05. The number of likely N-dealkylation sites (N-methyl/N-ethyl adjacent to an activating group) is 1. The number of amides is 1. The number of carbonyl (C=O) groups is 1. The van der Waals surface area contributed by atoms with Crippen LogP contribution >= 0.6 is 11.6 Å². The molecule has 1 amide bonds. The Hall–Kier alpha value is -3.18. The van der Waals surface area contributed by atoms with Gasteiger partial charge in [-0.05, 0) is 31.5 Å². The van der Waals surface area contributed by atoms with Gasteiger partial charge >= 0.3 is 5.69 Å². The summed E-state index contributed by atoms with van der Waals surface area (Å²) in [6.07, 6.45) is 2.01. The summed E-state index contributed by atoms with van der Waals surface area (Å²) in [5, 5.41) is 11.4. The Bertz CT molecular complexity index is 1130. The van der Waals surface area contributed by atoms with E-state index in [1.54, 1.807) is 11.9 Å². The summed E-state index contributed by atoms with van der Waals surface area (Å²) in [5.74, 6) is -0.453. The van der Waals surface area contributed by atoms with E-state index in [0.29, 0.717) is 30.0 Å². The number of hydrogen-bond acceptors (Lipinski definition) is 7. The molecule has 0 spiro atoms. The van der Waals surface area contributed by atoms with Gasteiger partial charge in [0.25, 0.3) is 11.2 Å². The molecule has 0 bridgehead atoms. The molecule has 33 heavy (non-hydrogen) atoms. The molecule has 0 radical (unpaired) electrons. The van der Waals surface area contributed by atoms with Gasteiger partial charge in [-0.15, -0.1) is 0 Å². The van der Waals surface area contributed by atoms with Gasteiger partial charge in [-0.25, -0.2) is 4.79 Å². The van der Waals surface area contributed by atoms with E-state index in [9.17, 15) is 24.5 Å². The number of nitrogens with two attached hydrogens (primary N) is 1. The molecule has 1 aromatic carbocycles. The summed E-state index contributed by atoms with van der Waals surface area (Å²) in [6.45, 7) is 4.44. The van der Waals surface area contributed by atoms with Crippen LogP contribution in [0.15, 0.2) is 27.8 Å². The van der Waals surface area contributed by atoms with Crippen molar-refractivity contribution in [3.8, 4) is 0 Å². The maximum Gasteiger partial charge on any atom is 0.330 e. The van der Waals surface area contributed by atoms with E-state index in [4.69, 9.17) is 17.3 Å². The van der Waals surface area contributed by atoms with Crippen LogP contribution in [0.5, 0.6) is 0 Å². The molecule has 3 N–H and O–H groups in total. The van der Waals surface area contributed by atoms with Crippen molar-refractivity contribution < 1.29 is 9.72 Å². The molecule has 0 unspecified atom stereocenters. The lowest BCUT2D eigenvalue weighted by atomic mass is 10.2. The maximum atomic E-state index is 13.2. The average Bonchev–Trinajstić information content (AvgIpc) is 2.74. The van der Waals surface area contributed by atoms with Crippen LogP contribution in [0.2, 0.25) is 5.02 Å². The number of nitro groups is 1. The number of aromatic amines is 1. The van der Waals surface area contributed by atoms with Gasteiger partial charge < -0.3 is 10.6 Å². The molecule has 2 aromatic rings. The molecule has 0 saturated carbocycles. The van der Waals surface area contributed by atoms with E-state index >= 15 is 0 Å². The third kappa shape index (κ3) is 6.42. The minimum Gasteiger partial charge on any atom is -0.383 e. The molecule has 1 aromatic heterocycles. The molecule has 0 aliphatic heterocycles. The van der Waals surface area contributed by atoms with Gasteiger partial charge in [-0.1, -0.05) is 31.9 Å². The number of nitro benzene ring substituents is 1. The maximum absolute atomic E-state index is 13.2. The number of hydrogen-bond donors (Lipinski definition) is 2. The van der Waals surface area contributed by atoms with Crippen molar-refractivity contribution >= 4 is 34.7 Å². The molecule has 2 rings (SSSR count). The standard InChI is InChI=1S/C21H29ClN6O5/c1-4-6-10-26(18-19(23)27(9-5-2)21(31)24-20(18)30)17(29)13-25(3)12-14-11-15(28(32)33)7-8-16(14)22/h7-8,11H,4-6,9-10,12-13,23H2,1-3H3,(H,24,30,31). The van der Waals surface area contributed by atoms with Crippen LogP contribution in [-0.2, 0) is 17.9 Å². The second-order valence-electron chi connectivity index (χ2n) is 7.75. The zero-order valence-corrected chi connectivity index (χ0v) is 19.7. The van der Waals surface area contributed by atoms with E-state index in [1.807, 2.05) is 13.8 Å². The second-order valence-corrected chi connectivity index (χ2v) is 8.16. The molecule has 180 valence electrons. The molecule has 11 nitrogen and oxygen atoms in total. The van der Waals surface area contributed by atoms with Crippen LogP contribution in [-0.4, -0.2) is 45.4 Å². The zero-order chi connectivity index (χ0) is 24.7. The minimum absolute atomic E-state index is 0.0525. The Labute approximate surface area is 195 Å². The Morgan fingerprint density at radius 1 is 1.27 bits per heavy atom. The lowest BCUT2D eigenvalue weighted by molar-refractivity contribution is -0.384. The van der Waals surface area contributed by atoms with Crippen LogP contribution < -0.4 is 21.9 Å². The normalized spacial score (nSPS) is 11.1. The van der Waals surface area contributed by atoms with Crippen molar-refractivity contribution in [1.82, 2.24) is 14.5 Å². The summed E-state index contributed by atoms with van der Waals surface area (Å²) in [5.41, 5.74) is 5.15. The Morgan fingerprint density at radius 3 is 2.58 bits per heavy atom. The highest BCUT2D eigenvalue weighted by molar-refractivity contribution is 6.31. The summed E-state index contributed by atoms with van der Waals surface area (Å²) >= 11 is 6.17. The number of H-pyrrole nitrogens is 1. The van der Waals surface area contributed by atoms with Gasteiger partial charge in [0.1, 0.15) is 5.82 Å². The largest absolute Gasteiger partial charge is 0.383 e. The second kappa shape index (κ2) is 11.6. The van der Waals surface area contributed by atoms with Gasteiger partial charge in [0, 0.05) is 36.8 Å². The zero-order valence-electron chi connectivity index (χ0n) is 19.0. The van der Waals surface area contributed by atoms with Gasteiger partial charge in [-0.2, -0.15) is 0 Å². The molecule has 0 atom stereocenters. The van der Waals surface area contributed by atoms with Crippen molar-refractivity contribution in [2.24, 2.45) is 0 Å². The lowest BCUT2D eigenvalue weighted by Crippen LogP contribution is -2.45. The number of nitrogen functional groups attached to an aromatic ring is 1. The fourth-order valence-electron chi connectivity index (χ4n) is 3.42. The molecule has 0 aliphatic carbocycles. The number of aromatic nitrogens is 2. The molecular weight excluding hydrogens is 452 g/mol. The van der Waals surface area contributed by atoms with Crippen LogP contribution in [0.1, 0.15) is 38.7 Å². The first-order valence-corrected chi connectivity index (χ1v) is 11.0. The number of rotatable bonds is 11. The van der Waals surface area contributed by atoms with Crippen molar-refractivity contribution in [2.75, 3.05) is 30.8 Å². The van der Waals surface area contributed by atoms with E-state index in [-0.39, 0.29) is 36.8 Å². The first kappa shape index (κ1) is 26.1. The van der Waals surface area contributed by atoms with Crippen molar-refractivity contribution in [1.29, 1.82) is 0 Å². The van der Waals surface area contributed by atoms with Crippen LogP contribution in [0.3, 0.4) is 0 Å². The van der Waals surface area contributed by atoms with Crippen LogP contribution in [0, 0.1) is 10.1 Å². The smallest absolute Gasteiger partial charge is 0.330 e. The van der Waals surface area contributed by atoms with E-state index < -0.39 is 22.1 Å². The molecular formula is C21H29ClN6O5. The Morgan fingerprint density at radius 2 is 1.97 bits per heavy atom. The molecule has 12 heteroatoms. The highest BCUT2D eigenvalue weighted by Gasteiger charge is 2.25. The first-order valence-electron chi connectivity index (χ1n) is 10.6. The summed E-state index contributed by atoms with van der Waals surface area (Å²) in [7, 11) is 1.66. The number of carbonyl (C=O) groups excluding carboxylic acids is 1. The minimum atomic E-state index is -0.723. The molecule has 1 heterocycles. The van der Waals surface area contributed by atoms with E-state index in [1.165, 1.54) is 27.7 Å². The van der Waals surface area contributed by atoms with Crippen LogP contribution in [0.4, 0.5) is 17.2 Å².